The average molecular weight is 358 g/mol. The zero-order valence-electron chi connectivity index (χ0n) is 15.5. The van der Waals surface area contributed by atoms with Crippen molar-refractivity contribution >= 4 is 11.9 Å². The van der Waals surface area contributed by atoms with E-state index in [1.54, 1.807) is 19.4 Å². The van der Waals surface area contributed by atoms with Gasteiger partial charge in [-0.05, 0) is 42.7 Å². The molecule has 1 aromatic heterocycles. The van der Waals surface area contributed by atoms with Gasteiger partial charge in [0.25, 0.3) is 5.91 Å². The molecule has 1 aromatic carbocycles. The van der Waals surface area contributed by atoms with Crippen molar-refractivity contribution in [3.05, 3.63) is 42.2 Å². The fourth-order valence-corrected chi connectivity index (χ4v) is 2.14. The summed E-state index contributed by atoms with van der Waals surface area (Å²) >= 11 is 0. The first-order valence-electron chi connectivity index (χ1n) is 8.70. The molecule has 0 fully saturated rings. The normalized spacial score (nSPS) is 10.5. The lowest BCUT2D eigenvalue weighted by molar-refractivity contribution is 0.0942. The maximum atomic E-state index is 12.2. The van der Waals surface area contributed by atoms with Crippen LogP contribution in [0.5, 0.6) is 11.5 Å². The highest BCUT2D eigenvalue weighted by atomic mass is 16.5. The molecular formula is C19H26N4O3. The van der Waals surface area contributed by atoms with Crippen LogP contribution >= 0.6 is 0 Å². The number of aromatic nitrogens is 2. The Morgan fingerprint density at radius 2 is 1.85 bits per heavy atom. The van der Waals surface area contributed by atoms with Gasteiger partial charge in [0.15, 0.2) is 0 Å². The SMILES string of the molecule is COc1ccc(OCCNC(=O)c2ccnc(NCCC(C)C)n2)cc1. The third-order valence-electron chi connectivity index (χ3n) is 3.61. The first-order chi connectivity index (χ1) is 12.6. The van der Waals surface area contributed by atoms with Crippen LogP contribution < -0.4 is 20.1 Å². The van der Waals surface area contributed by atoms with Gasteiger partial charge in [-0.25, -0.2) is 9.97 Å². The maximum Gasteiger partial charge on any atom is 0.270 e. The standard InChI is InChI=1S/C19H26N4O3/c1-14(2)8-10-21-19-22-11-9-17(23-19)18(24)20-12-13-26-16-6-4-15(25-3)5-7-16/h4-7,9,11,14H,8,10,12-13H2,1-3H3,(H,20,24)(H,21,22,23). The highest BCUT2D eigenvalue weighted by Gasteiger charge is 2.08. The molecule has 2 N–H and O–H groups in total. The monoisotopic (exact) mass is 358 g/mol. The van der Waals surface area contributed by atoms with Crippen LogP contribution in [0.25, 0.3) is 0 Å². The molecule has 0 radical (unpaired) electrons. The molecular weight excluding hydrogens is 332 g/mol. The predicted octanol–water partition coefficient (Wildman–Crippen LogP) is 2.75. The minimum absolute atomic E-state index is 0.252. The van der Waals surface area contributed by atoms with E-state index in [1.807, 2.05) is 24.3 Å². The number of anilines is 1. The summed E-state index contributed by atoms with van der Waals surface area (Å²) in [5.74, 6) is 2.30. The van der Waals surface area contributed by atoms with E-state index in [9.17, 15) is 4.79 Å². The molecule has 1 amide bonds. The van der Waals surface area contributed by atoms with Crippen LogP contribution in [0.3, 0.4) is 0 Å². The Balaban J connectivity index is 1.74. The number of amides is 1. The van der Waals surface area contributed by atoms with Gasteiger partial charge >= 0.3 is 0 Å². The molecule has 2 aromatic rings. The Morgan fingerprint density at radius 1 is 1.12 bits per heavy atom. The fourth-order valence-electron chi connectivity index (χ4n) is 2.14. The van der Waals surface area contributed by atoms with Gasteiger partial charge in [-0.15, -0.1) is 0 Å². The Kier molecular flexibility index (Phi) is 7.67. The minimum atomic E-state index is -0.252. The van der Waals surface area contributed by atoms with Gasteiger partial charge in [0, 0.05) is 12.7 Å². The topological polar surface area (TPSA) is 85.4 Å². The Morgan fingerprint density at radius 3 is 2.54 bits per heavy atom. The largest absolute Gasteiger partial charge is 0.497 e. The fraction of sp³-hybridized carbons (Fsp3) is 0.421. The molecule has 0 saturated heterocycles. The van der Waals surface area contributed by atoms with Crippen LogP contribution in [0.2, 0.25) is 0 Å². The maximum absolute atomic E-state index is 12.2. The lowest BCUT2D eigenvalue weighted by Gasteiger charge is -2.09. The van der Waals surface area contributed by atoms with Gasteiger partial charge in [-0.3, -0.25) is 4.79 Å². The first-order valence-corrected chi connectivity index (χ1v) is 8.70. The second kappa shape index (κ2) is 10.2. The highest BCUT2D eigenvalue weighted by Crippen LogP contribution is 2.16. The van der Waals surface area contributed by atoms with Crippen molar-refractivity contribution in [2.75, 3.05) is 32.1 Å². The van der Waals surface area contributed by atoms with Crippen LogP contribution in [-0.2, 0) is 0 Å². The summed E-state index contributed by atoms with van der Waals surface area (Å²) in [6.45, 7) is 5.83. The third kappa shape index (κ3) is 6.58. The molecule has 0 unspecified atom stereocenters. The van der Waals surface area contributed by atoms with Gasteiger partial charge in [0.05, 0.1) is 13.7 Å². The van der Waals surface area contributed by atoms with E-state index in [0.29, 0.717) is 30.7 Å². The molecule has 0 aliphatic heterocycles. The Labute approximate surface area is 154 Å². The van der Waals surface area contributed by atoms with E-state index >= 15 is 0 Å². The number of hydrogen-bond acceptors (Lipinski definition) is 6. The number of rotatable bonds is 10. The van der Waals surface area contributed by atoms with E-state index < -0.39 is 0 Å². The van der Waals surface area contributed by atoms with Gasteiger partial charge in [-0.2, -0.15) is 0 Å². The summed E-state index contributed by atoms with van der Waals surface area (Å²) in [6, 6.07) is 8.87. The van der Waals surface area contributed by atoms with Crippen molar-refractivity contribution in [2.45, 2.75) is 20.3 Å². The lowest BCUT2D eigenvalue weighted by Crippen LogP contribution is -2.29. The number of nitrogens with one attached hydrogen (secondary N) is 2. The van der Waals surface area contributed by atoms with Crippen LogP contribution in [0.15, 0.2) is 36.5 Å². The van der Waals surface area contributed by atoms with Crippen LogP contribution in [0, 0.1) is 5.92 Å². The second-order valence-electron chi connectivity index (χ2n) is 6.15. The highest BCUT2D eigenvalue weighted by molar-refractivity contribution is 5.92. The molecule has 2 rings (SSSR count). The average Bonchev–Trinajstić information content (AvgIpc) is 2.65. The number of methoxy groups -OCH3 is 1. The summed E-state index contributed by atoms with van der Waals surface area (Å²) in [5.41, 5.74) is 0.330. The summed E-state index contributed by atoms with van der Waals surface area (Å²) in [6.07, 6.45) is 2.59. The Hall–Kier alpha value is -2.83. The van der Waals surface area contributed by atoms with Crippen molar-refractivity contribution in [1.29, 1.82) is 0 Å². The van der Waals surface area contributed by atoms with Crippen LogP contribution in [-0.4, -0.2) is 42.7 Å². The number of carbonyl (C=O) groups excluding carboxylic acids is 1. The van der Waals surface area contributed by atoms with Crippen LogP contribution in [0.1, 0.15) is 30.8 Å². The zero-order chi connectivity index (χ0) is 18.8. The lowest BCUT2D eigenvalue weighted by atomic mass is 10.1. The van der Waals surface area contributed by atoms with Crippen molar-refractivity contribution in [2.24, 2.45) is 5.92 Å². The summed E-state index contributed by atoms with van der Waals surface area (Å²) < 4.78 is 10.7. The second-order valence-corrected chi connectivity index (χ2v) is 6.15. The van der Waals surface area contributed by atoms with Gasteiger partial charge in [0.1, 0.15) is 23.8 Å². The first kappa shape index (κ1) is 19.5. The molecule has 0 spiro atoms. The summed E-state index contributed by atoms with van der Waals surface area (Å²) in [7, 11) is 1.61. The summed E-state index contributed by atoms with van der Waals surface area (Å²) in [5, 5.41) is 5.92. The Bertz CT molecular complexity index is 689. The van der Waals surface area contributed by atoms with Crippen LogP contribution in [0.4, 0.5) is 5.95 Å². The predicted molar refractivity (Wildman–Crippen MR) is 101 cm³/mol. The molecule has 0 saturated carbocycles. The molecule has 0 atom stereocenters. The number of nitrogens with zero attached hydrogens (tertiary/aromatic N) is 2. The number of benzene rings is 1. The molecule has 1 heterocycles. The van der Waals surface area contributed by atoms with E-state index in [0.717, 1.165) is 24.5 Å². The molecule has 26 heavy (non-hydrogen) atoms. The summed E-state index contributed by atoms with van der Waals surface area (Å²) in [4.78, 5) is 20.5. The van der Waals surface area contributed by atoms with Gasteiger partial charge in [-0.1, -0.05) is 13.8 Å². The molecule has 140 valence electrons. The molecule has 0 bridgehead atoms. The van der Waals surface area contributed by atoms with E-state index in [2.05, 4.69) is 34.4 Å². The quantitative estimate of drug-likeness (QED) is 0.635. The molecule has 7 heteroatoms. The number of ether oxygens (including phenoxy) is 2. The minimum Gasteiger partial charge on any atom is -0.497 e. The molecule has 0 aliphatic rings. The van der Waals surface area contributed by atoms with Crippen molar-refractivity contribution < 1.29 is 14.3 Å². The van der Waals surface area contributed by atoms with E-state index in [4.69, 9.17) is 9.47 Å². The molecule has 0 aliphatic carbocycles. The van der Waals surface area contributed by atoms with E-state index in [-0.39, 0.29) is 5.91 Å². The third-order valence-corrected chi connectivity index (χ3v) is 3.61. The van der Waals surface area contributed by atoms with E-state index in [1.165, 1.54) is 0 Å². The smallest absolute Gasteiger partial charge is 0.270 e. The number of carbonyl (C=O) groups is 1. The van der Waals surface area contributed by atoms with Crippen molar-refractivity contribution in [1.82, 2.24) is 15.3 Å². The number of hydrogen-bond donors (Lipinski definition) is 2. The van der Waals surface area contributed by atoms with Crippen molar-refractivity contribution in [3.63, 3.8) is 0 Å². The molecule has 7 nitrogen and oxygen atoms in total. The van der Waals surface area contributed by atoms with Crippen molar-refractivity contribution in [3.8, 4) is 11.5 Å². The van der Waals surface area contributed by atoms with Gasteiger partial charge < -0.3 is 20.1 Å². The zero-order valence-corrected chi connectivity index (χ0v) is 15.5. The van der Waals surface area contributed by atoms with Gasteiger partial charge in [0.2, 0.25) is 5.95 Å².